The van der Waals surface area contributed by atoms with Crippen molar-refractivity contribution in [3.05, 3.63) is 33.9 Å². The molecule has 2 N–H and O–H groups in total. The van der Waals surface area contributed by atoms with Gasteiger partial charge >= 0.3 is 0 Å². The number of sulfonamides is 1. The Kier molecular flexibility index (Phi) is 3.23. The third-order valence-electron chi connectivity index (χ3n) is 4.96. The molecule has 2 unspecified atom stereocenters. The molecule has 23 heavy (non-hydrogen) atoms. The van der Waals surface area contributed by atoms with Crippen LogP contribution >= 0.6 is 22.6 Å². The highest BCUT2D eigenvalue weighted by molar-refractivity contribution is 14.1. The Morgan fingerprint density at radius 2 is 1.65 bits per heavy atom. The van der Waals surface area contributed by atoms with Gasteiger partial charge in [-0.25, -0.2) is 18.5 Å². The lowest BCUT2D eigenvalue weighted by Crippen LogP contribution is -2.33. The summed E-state index contributed by atoms with van der Waals surface area (Å²) in [6.45, 7) is 0. The Balaban J connectivity index is 1.75. The summed E-state index contributed by atoms with van der Waals surface area (Å²) in [6.07, 6.45) is 4.95. The number of halogens is 1. The molecule has 1 aromatic rings. The second-order valence-corrected chi connectivity index (χ2v) is 8.89. The number of imide groups is 1. The molecular weight excluding hydrogens is 431 g/mol. The average Bonchev–Trinajstić information content (AvgIpc) is 3.13. The van der Waals surface area contributed by atoms with E-state index < -0.39 is 10.0 Å². The van der Waals surface area contributed by atoms with Gasteiger partial charge in [-0.05, 0) is 59.0 Å². The number of hydrogen-bond acceptors (Lipinski definition) is 4. The lowest BCUT2D eigenvalue weighted by molar-refractivity contribution is -0.123. The number of nitrogens with zero attached hydrogens (tertiary/aromatic N) is 1. The van der Waals surface area contributed by atoms with Crippen molar-refractivity contribution >= 4 is 50.1 Å². The number of primary sulfonamides is 1. The summed E-state index contributed by atoms with van der Waals surface area (Å²) in [7, 11) is -3.82. The molecule has 0 radical (unpaired) electrons. The molecule has 1 heterocycles. The van der Waals surface area contributed by atoms with Gasteiger partial charge in [0.15, 0.2) is 0 Å². The first-order chi connectivity index (χ1) is 10.8. The van der Waals surface area contributed by atoms with Crippen LogP contribution in [0.3, 0.4) is 0 Å². The molecule has 4 rings (SSSR count). The normalized spacial score (nSPS) is 32.0. The highest BCUT2D eigenvalue weighted by Crippen LogP contribution is 2.53. The van der Waals surface area contributed by atoms with Crippen molar-refractivity contribution in [3.8, 4) is 0 Å². The fourth-order valence-corrected chi connectivity index (χ4v) is 5.49. The zero-order valence-corrected chi connectivity index (χ0v) is 14.8. The summed E-state index contributed by atoms with van der Waals surface area (Å²) in [6, 6.07) is 4.19. The van der Waals surface area contributed by atoms with E-state index in [9.17, 15) is 18.0 Å². The first-order valence-electron chi connectivity index (χ1n) is 7.17. The van der Waals surface area contributed by atoms with Gasteiger partial charge in [-0.3, -0.25) is 9.59 Å². The largest absolute Gasteiger partial charge is 0.274 e. The average molecular weight is 444 g/mol. The highest BCUT2D eigenvalue weighted by Gasteiger charge is 2.59. The lowest BCUT2D eigenvalue weighted by Gasteiger charge is -2.19. The van der Waals surface area contributed by atoms with Crippen molar-refractivity contribution in [2.45, 2.75) is 11.3 Å². The minimum absolute atomic E-state index is 0.0355. The van der Waals surface area contributed by atoms with Crippen LogP contribution in [0.25, 0.3) is 0 Å². The molecular formula is C15H13IN2O4S. The Labute approximate surface area is 146 Å². The number of allylic oxidation sites excluding steroid dienone is 2. The first kappa shape index (κ1) is 15.3. The highest BCUT2D eigenvalue weighted by atomic mass is 127. The van der Waals surface area contributed by atoms with Crippen molar-refractivity contribution < 1.29 is 18.0 Å². The summed E-state index contributed by atoms with van der Waals surface area (Å²) in [5.74, 6) is -0.616. The van der Waals surface area contributed by atoms with Crippen LogP contribution in [-0.4, -0.2) is 20.2 Å². The third-order valence-corrected chi connectivity index (χ3v) is 6.73. The Hall–Kier alpha value is -1.26. The van der Waals surface area contributed by atoms with Gasteiger partial charge < -0.3 is 0 Å². The van der Waals surface area contributed by atoms with E-state index in [-0.39, 0.29) is 40.4 Å². The number of nitrogens with two attached hydrogens (primary N) is 1. The molecule has 2 bridgehead atoms. The van der Waals surface area contributed by atoms with E-state index in [1.54, 1.807) is 0 Å². The predicted octanol–water partition coefficient (Wildman–Crippen LogP) is 1.25. The number of hydrogen-bond donors (Lipinski definition) is 1. The van der Waals surface area contributed by atoms with Gasteiger partial charge in [-0.2, -0.15) is 0 Å². The molecule has 1 saturated carbocycles. The molecule has 0 spiro atoms. The fourth-order valence-electron chi connectivity index (χ4n) is 3.99. The minimum Gasteiger partial charge on any atom is -0.274 e. The topological polar surface area (TPSA) is 97.5 Å². The van der Waals surface area contributed by atoms with Gasteiger partial charge in [0.25, 0.3) is 0 Å². The second kappa shape index (κ2) is 4.87. The molecule has 0 aromatic heterocycles. The van der Waals surface area contributed by atoms with E-state index in [1.807, 2.05) is 34.7 Å². The Morgan fingerprint density at radius 1 is 1.09 bits per heavy atom. The molecule has 8 heteroatoms. The summed E-state index contributed by atoms with van der Waals surface area (Å²) in [4.78, 5) is 26.7. The summed E-state index contributed by atoms with van der Waals surface area (Å²) >= 11 is 1.92. The minimum atomic E-state index is -3.82. The molecule has 6 nitrogen and oxygen atoms in total. The molecule has 2 aliphatic carbocycles. The van der Waals surface area contributed by atoms with Gasteiger partial charge in [-0.15, -0.1) is 0 Å². The van der Waals surface area contributed by atoms with Crippen LogP contribution in [0.5, 0.6) is 0 Å². The molecule has 4 atom stereocenters. The van der Waals surface area contributed by atoms with Crippen LogP contribution in [-0.2, 0) is 19.6 Å². The lowest BCUT2D eigenvalue weighted by atomic mass is 9.85. The molecule has 1 aromatic carbocycles. The van der Waals surface area contributed by atoms with Gasteiger partial charge in [0.1, 0.15) is 0 Å². The zero-order valence-electron chi connectivity index (χ0n) is 11.8. The van der Waals surface area contributed by atoms with Crippen molar-refractivity contribution in [1.29, 1.82) is 0 Å². The standard InChI is InChI=1S/C15H13IN2O4S/c16-10-6-9(23(17,21)22)3-4-11(10)18-14(19)12-7-1-2-8(5-7)13(12)15(18)20/h1-4,6-8,12-13H,5H2,(H2,17,21,22)/t7?,8?,12-,13+. The summed E-state index contributed by atoms with van der Waals surface area (Å²) in [5, 5.41) is 5.12. The maximum absolute atomic E-state index is 12.7. The summed E-state index contributed by atoms with van der Waals surface area (Å²) < 4.78 is 23.3. The van der Waals surface area contributed by atoms with Crippen molar-refractivity contribution in [3.63, 3.8) is 0 Å². The van der Waals surface area contributed by atoms with Gasteiger partial charge in [-0.1, -0.05) is 12.2 Å². The van der Waals surface area contributed by atoms with Gasteiger partial charge in [0.2, 0.25) is 21.8 Å². The number of carbonyl (C=O) groups is 2. The number of benzene rings is 1. The maximum Gasteiger partial charge on any atom is 0.238 e. The Morgan fingerprint density at radius 3 is 2.13 bits per heavy atom. The van der Waals surface area contributed by atoms with Crippen LogP contribution in [0.2, 0.25) is 0 Å². The molecule has 3 aliphatic rings. The second-order valence-electron chi connectivity index (χ2n) is 6.17. The Bertz CT molecular complexity index is 849. The molecule has 1 saturated heterocycles. The van der Waals surface area contributed by atoms with Crippen molar-refractivity contribution in [2.75, 3.05) is 4.90 Å². The van der Waals surface area contributed by atoms with Crippen LogP contribution in [0.15, 0.2) is 35.2 Å². The van der Waals surface area contributed by atoms with E-state index in [0.717, 1.165) is 6.42 Å². The number of carbonyl (C=O) groups excluding carboxylic acids is 2. The first-order valence-corrected chi connectivity index (χ1v) is 9.80. The number of anilines is 1. The summed E-state index contributed by atoms with van der Waals surface area (Å²) in [5.41, 5.74) is 0.432. The van der Waals surface area contributed by atoms with E-state index in [0.29, 0.717) is 9.26 Å². The number of fused-ring (bicyclic) bond motifs is 5. The maximum atomic E-state index is 12.7. The number of amides is 2. The van der Waals surface area contributed by atoms with Crippen molar-refractivity contribution in [1.82, 2.24) is 0 Å². The van der Waals surface area contributed by atoms with Crippen LogP contribution in [0.4, 0.5) is 5.69 Å². The van der Waals surface area contributed by atoms with Crippen LogP contribution in [0.1, 0.15) is 6.42 Å². The van der Waals surface area contributed by atoms with Crippen LogP contribution in [0, 0.1) is 27.2 Å². The zero-order chi connectivity index (χ0) is 16.5. The fraction of sp³-hybridized carbons (Fsp3) is 0.333. The number of rotatable bonds is 2. The van der Waals surface area contributed by atoms with Crippen molar-refractivity contribution in [2.24, 2.45) is 28.8 Å². The van der Waals surface area contributed by atoms with Gasteiger partial charge in [0.05, 0.1) is 22.4 Å². The quantitative estimate of drug-likeness (QED) is 0.422. The molecule has 2 amide bonds. The molecule has 1 aliphatic heterocycles. The van der Waals surface area contributed by atoms with E-state index in [2.05, 4.69) is 0 Å². The monoisotopic (exact) mass is 444 g/mol. The molecule has 2 fully saturated rings. The van der Waals surface area contributed by atoms with E-state index in [4.69, 9.17) is 5.14 Å². The molecule has 120 valence electrons. The van der Waals surface area contributed by atoms with E-state index >= 15 is 0 Å². The predicted molar refractivity (Wildman–Crippen MR) is 90.7 cm³/mol. The van der Waals surface area contributed by atoms with Gasteiger partial charge in [0, 0.05) is 3.57 Å². The third kappa shape index (κ3) is 2.11. The smallest absolute Gasteiger partial charge is 0.238 e. The van der Waals surface area contributed by atoms with E-state index in [1.165, 1.54) is 23.1 Å². The van der Waals surface area contributed by atoms with Crippen LogP contribution < -0.4 is 10.0 Å². The SMILES string of the molecule is NS(=O)(=O)c1ccc(N2C(=O)[C@@H]3C4C=CC(C4)[C@@H]3C2=O)c(I)c1.